The van der Waals surface area contributed by atoms with Crippen molar-refractivity contribution in [3.63, 3.8) is 0 Å². The molecule has 1 aliphatic rings. The predicted molar refractivity (Wildman–Crippen MR) is 121 cm³/mol. The van der Waals surface area contributed by atoms with E-state index in [1.807, 2.05) is 24.3 Å². The standard InChI is InChI=1S/C24H25FN4O3/c1-16-13-28(14-17(2)32-16)19-9-7-18(8-10-19)26-23(30)15-29-24(31)12-11-22(27-29)20-5-3-4-6-21(20)25/h3-12,16-17H,13-15H2,1-2H3,(H,26,30). The first kappa shape index (κ1) is 21.7. The molecule has 2 unspecified atom stereocenters. The third-order valence-electron chi connectivity index (χ3n) is 5.25. The van der Waals surface area contributed by atoms with Crippen molar-refractivity contribution in [3.8, 4) is 11.3 Å². The molecule has 4 rings (SSSR count). The molecule has 7 nitrogen and oxygen atoms in total. The van der Waals surface area contributed by atoms with E-state index < -0.39 is 17.3 Å². The molecule has 166 valence electrons. The molecule has 0 radical (unpaired) electrons. The fourth-order valence-corrected chi connectivity index (χ4v) is 3.86. The van der Waals surface area contributed by atoms with E-state index >= 15 is 0 Å². The molecule has 2 aromatic carbocycles. The molecule has 3 aromatic rings. The summed E-state index contributed by atoms with van der Waals surface area (Å²) >= 11 is 0. The van der Waals surface area contributed by atoms with Gasteiger partial charge in [-0.25, -0.2) is 9.07 Å². The van der Waals surface area contributed by atoms with Crippen molar-refractivity contribution in [2.24, 2.45) is 0 Å². The van der Waals surface area contributed by atoms with E-state index in [0.29, 0.717) is 5.69 Å². The van der Waals surface area contributed by atoms with E-state index in [4.69, 9.17) is 4.74 Å². The number of aromatic nitrogens is 2. The summed E-state index contributed by atoms with van der Waals surface area (Å²) in [5, 5.41) is 6.94. The minimum Gasteiger partial charge on any atom is -0.372 e. The molecule has 1 fully saturated rings. The maximum atomic E-state index is 14.1. The van der Waals surface area contributed by atoms with Gasteiger partial charge in [0, 0.05) is 36.1 Å². The molecular formula is C24H25FN4O3. The van der Waals surface area contributed by atoms with Crippen LogP contribution >= 0.6 is 0 Å². The van der Waals surface area contributed by atoms with Gasteiger partial charge in [0.05, 0.1) is 17.9 Å². The highest BCUT2D eigenvalue weighted by molar-refractivity contribution is 5.90. The molecule has 1 aromatic heterocycles. The zero-order valence-corrected chi connectivity index (χ0v) is 18.0. The monoisotopic (exact) mass is 436 g/mol. The fraction of sp³-hybridized carbons (Fsp3) is 0.292. The summed E-state index contributed by atoms with van der Waals surface area (Å²) in [6, 6.07) is 16.4. The summed E-state index contributed by atoms with van der Waals surface area (Å²) in [5.74, 6) is -0.842. The van der Waals surface area contributed by atoms with Crippen LogP contribution in [0.3, 0.4) is 0 Å². The number of morpholine rings is 1. The third-order valence-corrected chi connectivity index (χ3v) is 5.25. The summed E-state index contributed by atoms with van der Waals surface area (Å²) in [7, 11) is 0. The summed E-state index contributed by atoms with van der Waals surface area (Å²) in [6.07, 6.45) is 0.313. The quantitative estimate of drug-likeness (QED) is 0.664. The molecule has 2 heterocycles. The van der Waals surface area contributed by atoms with Crippen LogP contribution in [0.15, 0.2) is 65.5 Å². The van der Waals surface area contributed by atoms with Gasteiger partial charge in [-0.05, 0) is 56.3 Å². The summed E-state index contributed by atoms with van der Waals surface area (Å²) in [6.45, 7) is 5.44. The van der Waals surface area contributed by atoms with Crippen LogP contribution in [-0.2, 0) is 16.1 Å². The average Bonchev–Trinajstić information content (AvgIpc) is 2.75. The number of hydrogen-bond acceptors (Lipinski definition) is 5. The Morgan fingerprint density at radius 1 is 1.06 bits per heavy atom. The molecule has 1 saturated heterocycles. The van der Waals surface area contributed by atoms with Crippen molar-refractivity contribution in [1.29, 1.82) is 0 Å². The molecular weight excluding hydrogens is 411 g/mol. The van der Waals surface area contributed by atoms with Gasteiger partial charge in [-0.1, -0.05) is 12.1 Å². The second kappa shape index (κ2) is 9.32. The lowest BCUT2D eigenvalue weighted by Gasteiger charge is -2.36. The van der Waals surface area contributed by atoms with Crippen molar-refractivity contribution >= 4 is 17.3 Å². The van der Waals surface area contributed by atoms with Crippen LogP contribution in [0.5, 0.6) is 0 Å². The largest absolute Gasteiger partial charge is 0.372 e. The minimum atomic E-state index is -0.446. The van der Waals surface area contributed by atoms with E-state index in [1.165, 1.54) is 18.2 Å². The Labute approximate surface area is 185 Å². The van der Waals surface area contributed by atoms with E-state index in [1.54, 1.807) is 18.2 Å². The Morgan fingerprint density at radius 2 is 1.75 bits per heavy atom. The lowest BCUT2D eigenvalue weighted by Crippen LogP contribution is -2.45. The van der Waals surface area contributed by atoms with E-state index in [9.17, 15) is 14.0 Å². The van der Waals surface area contributed by atoms with Gasteiger partial charge in [0.25, 0.3) is 5.56 Å². The van der Waals surface area contributed by atoms with Gasteiger partial charge in [0.1, 0.15) is 12.4 Å². The van der Waals surface area contributed by atoms with Crippen molar-refractivity contribution in [3.05, 3.63) is 76.8 Å². The SMILES string of the molecule is CC1CN(c2ccc(NC(=O)Cn3nc(-c4ccccc4F)ccc3=O)cc2)CC(C)O1. The number of rotatable bonds is 5. The topological polar surface area (TPSA) is 76.5 Å². The number of anilines is 2. The van der Waals surface area contributed by atoms with Crippen molar-refractivity contribution in [1.82, 2.24) is 9.78 Å². The molecule has 8 heteroatoms. The first-order valence-electron chi connectivity index (χ1n) is 10.5. The molecule has 1 N–H and O–H groups in total. The second-order valence-electron chi connectivity index (χ2n) is 7.95. The number of halogens is 1. The fourth-order valence-electron chi connectivity index (χ4n) is 3.86. The van der Waals surface area contributed by atoms with Crippen LogP contribution in [0.2, 0.25) is 0 Å². The maximum absolute atomic E-state index is 14.1. The van der Waals surface area contributed by atoms with Gasteiger partial charge in [0.2, 0.25) is 5.91 Å². The van der Waals surface area contributed by atoms with E-state index in [2.05, 4.69) is 29.2 Å². The number of carbonyl (C=O) groups is 1. The number of hydrogen-bond donors (Lipinski definition) is 1. The van der Waals surface area contributed by atoms with Gasteiger partial charge in [-0.2, -0.15) is 5.10 Å². The molecule has 0 spiro atoms. The van der Waals surface area contributed by atoms with Crippen LogP contribution in [0.25, 0.3) is 11.3 Å². The molecule has 0 aliphatic carbocycles. The third kappa shape index (κ3) is 5.03. The van der Waals surface area contributed by atoms with Crippen LogP contribution in [0.4, 0.5) is 15.8 Å². The second-order valence-corrected chi connectivity index (χ2v) is 7.95. The number of ether oxygens (including phenoxy) is 1. The summed E-state index contributed by atoms with van der Waals surface area (Å²) in [5.41, 5.74) is 1.79. The summed E-state index contributed by atoms with van der Waals surface area (Å²) in [4.78, 5) is 26.9. The van der Waals surface area contributed by atoms with Crippen LogP contribution in [0, 0.1) is 5.82 Å². The van der Waals surface area contributed by atoms with E-state index in [-0.39, 0.29) is 30.0 Å². The van der Waals surface area contributed by atoms with Gasteiger partial charge in [-0.3, -0.25) is 9.59 Å². The Morgan fingerprint density at radius 3 is 2.44 bits per heavy atom. The highest BCUT2D eigenvalue weighted by atomic mass is 19.1. The number of benzene rings is 2. The molecule has 1 aliphatic heterocycles. The normalized spacial score (nSPS) is 18.4. The van der Waals surface area contributed by atoms with Crippen LogP contribution in [0.1, 0.15) is 13.8 Å². The van der Waals surface area contributed by atoms with Crippen molar-refractivity contribution in [2.75, 3.05) is 23.3 Å². The van der Waals surface area contributed by atoms with Gasteiger partial charge < -0.3 is 15.0 Å². The first-order valence-corrected chi connectivity index (χ1v) is 10.5. The van der Waals surface area contributed by atoms with Crippen LogP contribution < -0.4 is 15.8 Å². The van der Waals surface area contributed by atoms with E-state index in [0.717, 1.165) is 23.5 Å². The number of amides is 1. The zero-order chi connectivity index (χ0) is 22.7. The molecule has 0 saturated carbocycles. The van der Waals surface area contributed by atoms with Gasteiger partial charge in [-0.15, -0.1) is 0 Å². The molecule has 1 amide bonds. The van der Waals surface area contributed by atoms with Crippen molar-refractivity contribution in [2.45, 2.75) is 32.6 Å². The zero-order valence-electron chi connectivity index (χ0n) is 18.0. The Kier molecular flexibility index (Phi) is 6.32. The highest BCUT2D eigenvalue weighted by Crippen LogP contribution is 2.22. The molecule has 0 bridgehead atoms. The number of carbonyl (C=O) groups excluding carboxylic acids is 1. The lowest BCUT2D eigenvalue weighted by atomic mass is 10.1. The number of nitrogens with zero attached hydrogens (tertiary/aromatic N) is 3. The number of nitrogens with one attached hydrogen (secondary N) is 1. The summed E-state index contributed by atoms with van der Waals surface area (Å²) < 4.78 is 20.9. The first-order chi connectivity index (χ1) is 15.4. The van der Waals surface area contributed by atoms with Gasteiger partial charge in [0.15, 0.2) is 0 Å². The predicted octanol–water partition coefficient (Wildman–Crippen LogP) is 3.30. The average molecular weight is 436 g/mol. The maximum Gasteiger partial charge on any atom is 0.267 e. The smallest absolute Gasteiger partial charge is 0.267 e. The minimum absolute atomic E-state index is 0.157. The lowest BCUT2D eigenvalue weighted by molar-refractivity contribution is -0.117. The molecule has 32 heavy (non-hydrogen) atoms. The Hall–Kier alpha value is -3.52. The Bertz CT molecular complexity index is 1150. The highest BCUT2D eigenvalue weighted by Gasteiger charge is 2.22. The van der Waals surface area contributed by atoms with Gasteiger partial charge >= 0.3 is 0 Å². The van der Waals surface area contributed by atoms with Crippen LogP contribution in [-0.4, -0.2) is 41.0 Å². The van der Waals surface area contributed by atoms with Crippen molar-refractivity contribution < 1.29 is 13.9 Å². The Balaban J connectivity index is 1.43. The molecule has 2 atom stereocenters.